The first-order chi connectivity index (χ1) is 15.1. The number of hydrogen-bond acceptors (Lipinski definition) is 4. The standard InChI is InChI=1S/C25H26BrN3O2/c1-17-7-3-4-8-18(17)16-31-24-14-20(26)19(13-23(24)30-2)15-27-12-11-25-28-21-9-5-6-10-22(21)29-25/h3-10,13-14,27H,11-12,15-16H2,1-2H3,(H,28,29). The van der Waals surface area contributed by atoms with Gasteiger partial charge in [-0.1, -0.05) is 52.3 Å². The lowest BCUT2D eigenvalue weighted by atomic mass is 10.1. The number of nitrogens with one attached hydrogen (secondary N) is 2. The van der Waals surface area contributed by atoms with Crippen molar-refractivity contribution < 1.29 is 9.47 Å². The number of methoxy groups -OCH3 is 1. The monoisotopic (exact) mass is 479 g/mol. The number of nitrogens with zero attached hydrogens (tertiary/aromatic N) is 1. The molecule has 0 saturated heterocycles. The predicted octanol–water partition coefficient (Wildman–Crippen LogP) is 5.55. The molecule has 0 aliphatic rings. The van der Waals surface area contributed by atoms with Crippen LogP contribution in [0.15, 0.2) is 65.1 Å². The molecule has 3 aromatic carbocycles. The van der Waals surface area contributed by atoms with Crippen LogP contribution >= 0.6 is 15.9 Å². The molecule has 0 radical (unpaired) electrons. The minimum atomic E-state index is 0.505. The van der Waals surface area contributed by atoms with Gasteiger partial charge < -0.3 is 19.8 Å². The van der Waals surface area contributed by atoms with Crippen molar-refractivity contribution in [2.24, 2.45) is 0 Å². The predicted molar refractivity (Wildman–Crippen MR) is 128 cm³/mol. The van der Waals surface area contributed by atoms with Crippen LogP contribution in [0.1, 0.15) is 22.5 Å². The fraction of sp³-hybridized carbons (Fsp3) is 0.240. The first-order valence-electron chi connectivity index (χ1n) is 10.3. The van der Waals surface area contributed by atoms with Crippen LogP contribution in [-0.2, 0) is 19.6 Å². The highest BCUT2D eigenvalue weighted by Crippen LogP contribution is 2.34. The van der Waals surface area contributed by atoms with Crippen LogP contribution in [0.25, 0.3) is 11.0 Å². The molecule has 160 valence electrons. The van der Waals surface area contributed by atoms with Crippen molar-refractivity contribution in [3.05, 3.63) is 87.7 Å². The van der Waals surface area contributed by atoms with Crippen molar-refractivity contribution >= 4 is 27.0 Å². The molecule has 0 spiro atoms. The fourth-order valence-corrected chi connectivity index (χ4v) is 3.93. The van der Waals surface area contributed by atoms with Gasteiger partial charge in [-0.05, 0) is 47.9 Å². The van der Waals surface area contributed by atoms with E-state index in [2.05, 4.69) is 50.3 Å². The van der Waals surface area contributed by atoms with Crippen LogP contribution in [0.5, 0.6) is 11.5 Å². The summed E-state index contributed by atoms with van der Waals surface area (Å²) >= 11 is 3.68. The highest BCUT2D eigenvalue weighted by Gasteiger charge is 2.11. The third-order valence-electron chi connectivity index (χ3n) is 5.27. The number of imidazole rings is 1. The molecule has 1 aromatic heterocycles. The minimum Gasteiger partial charge on any atom is -0.493 e. The first-order valence-corrected chi connectivity index (χ1v) is 11.1. The Kier molecular flexibility index (Phi) is 6.89. The molecule has 0 atom stereocenters. The summed E-state index contributed by atoms with van der Waals surface area (Å²) in [5.74, 6) is 2.44. The van der Waals surface area contributed by atoms with Gasteiger partial charge in [0.05, 0.1) is 18.1 Å². The smallest absolute Gasteiger partial charge is 0.162 e. The number of benzene rings is 3. The molecule has 4 rings (SSSR count). The summed E-state index contributed by atoms with van der Waals surface area (Å²) in [7, 11) is 1.67. The Morgan fingerprint density at radius 3 is 2.61 bits per heavy atom. The number of hydrogen-bond donors (Lipinski definition) is 2. The number of rotatable bonds is 9. The number of H-pyrrole nitrogens is 1. The molecule has 5 nitrogen and oxygen atoms in total. The zero-order valence-corrected chi connectivity index (χ0v) is 19.3. The summed E-state index contributed by atoms with van der Waals surface area (Å²) < 4.78 is 12.6. The average Bonchev–Trinajstić information content (AvgIpc) is 3.20. The lowest BCUT2D eigenvalue weighted by Gasteiger charge is -2.15. The first kappa shape index (κ1) is 21.4. The Bertz CT molecular complexity index is 1140. The minimum absolute atomic E-state index is 0.505. The molecule has 0 fully saturated rings. The van der Waals surface area contributed by atoms with Gasteiger partial charge in [-0.2, -0.15) is 0 Å². The Labute approximate surface area is 190 Å². The zero-order valence-electron chi connectivity index (χ0n) is 17.7. The van der Waals surface area contributed by atoms with E-state index < -0.39 is 0 Å². The van der Waals surface area contributed by atoms with Gasteiger partial charge in [0.1, 0.15) is 12.4 Å². The molecule has 1 heterocycles. The molecule has 4 aromatic rings. The van der Waals surface area contributed by atoms with Gasteiger partial charge in [0, 0.05) is 24.0 Å². The SMILES string of the molecule is COc1cc(CNCCc2nc3ccccc3[nH]2)c(Br)cc1OCc1ccccc1C. The number of aromatic nitrogens is 2. The Morgan fingerprint density at radius 2 is 1.81 bits per heavy atom. The summed E-state index contributed by atoms with van der Waals surface area (Å²) in [4.78, 5) is 7.99. The molecule has 0 amide bonds. The van der Waals surface area contributed by atoms with Crippen molar-refractivity contribution in [1.29, 1.82) is 0 Å². The van der Waals surface area contributed by atoms with Gasteiger partial charge in [0.25, 0.3) is 0 Å². The molecular weight excluding hydrogens is 454 g/mol. The molecule has 0 aliphatic carbocycles. The van der Waals surface area contributed by atoms with Gasteiger partial charge >= 0.3 is 0 Å². The van der Waals surface area contributed by atoms with Gasteiger partial charge in [0.2, 0.25) is 0 Å². The van der Waals surface area contributed by atoms with Crippen LogP contribution in [0.2, 0.25) is 0 Å². The van der Waals surface area contributed by atoms with Crippen molar-refractivity contribution in [2.45, 2.75) is 26.5 Å². The molecule has 0 saturated carbocycles. The second kappa shape index (κ2) is 9.98. The maximum Gasteiger partial charge on any atom is 0.162 e. The summed E-state index contributed by atoms with van der Waals surface area (Å²) in [6, 6.07) is 20.3. The van der Waals surface area contributed by atoms with Crippen LogP contribution in [0, 0.1) is 6.92 Å². The van der Waals surface area contributed by atoms with E-state index >= 15 is 0 Å². The second-order valence-electron chi connectivity index (χ2n) is 7.44. The number of ether oxygens (including phenoxy) is 2. The van der Waals surface area contributed by atoms with Crippen LogP contribution in [0.3, 0.4) is 0 Å². The van der Waals surface area contributed by atoms with Crippen molar-refractivity contribution in [3.8, 4) is 11.5 Å². The molecule has 6 heteroatoms. The van der Waals surface area contributed by atoms with E-state index in [0.29, 0.717) is 6.61 Å². The zero-order chi connectivity index (χ0) is 21.6. The third-order valence-corrected chi connectivity index (χ3v) is 6.01. The molecule has 31 heavy (non-hydrogen) atoms. The number of fused-ring (bicyclic) bond motifs is 1. The molecule has 0 aliphatic heterocycles. The second-order valence-corrected chi connectivity index (χ2v) is 8.29. The van der Waals surface area contributed by atoms with E-state index in [1.807, 2.05) is 48.5 Å². The van der Waals surface area contributed by atoms with Gasteiger partial charge in [-0.15, -0.1) is 0 Å². The van der Waals surface area contributed by atoms with E-state index in [1.165, 1.54) is 5.56 Å². The lowest BCUT2D eigenvalue weighted by Crippen LogP contribution is -2.17. The van der Waals surface area contributed by atoms with Crippen LogP contribution < -0.4 is 14.8 Å². The van der Waals surface area contributed by atoms with E-state index in [1.54, 1.807) is 7.11 Å². The highest BCUT2D eigenvalue weighted by atomic mass is 79.9. The number of halogens is 1. The molecule has 0 unspecified atom stereocenters. The normalized spacial score (nSPS) is 11.1. The maximum atomic E-state index is 6.06. The summed E-state index contributed by atoms with van der Waals surface area (Å²) in [5.41, 5.74) is 5.57. The van der Waals surface area contributed by atoms with E-state index in [0.717, 1.165) is 63.5 Å². The summed E-state index contributed by atoms with van der Waals surface area (Å²) in [6.07, 6.45) is 0.834. The highest BCUT2D eigenvalue weighted by molar-refractivity contribution is 9.10. The van der Waals surface area contributed by atoms with Gasteiger partial charge in [0.15, 0.2) is 11.5 Å². The fourth-order valence-electron chi connectivity index (χ4n) is 3.47. The van der Waals surface area contributed by atoms with Crippen molar-refractivity contribution in [1.82, 2.24) is 15.3 Å². The quantitative estimate of drug-likeness (QED) is 0.308. The molecule has 0 bridgehead atoms. The average molecular weight is 480 g/mol. The van der Waals surface area contributed by atoms with E-state index in [4.69, 9.17) is 9.47 Å². The Balaban J connectivity index is 1.35. The number of aryl methyl sites for hydroxylation is 1. The molecule has 2 N–H and O–H groups in total. The van der Waals surface area contributed by atoms with Crippen LogP contribution in [-0.4, -0.2) is 23.6 Å². The largest absolute Gasteiger partial charge is 0.493 e. The topological polar surface area (TPSA) is 59.2 Å². The van der Waals surface area contributed by atoms with Crippen molar-refractivity contribution in [2.75, 3.05) is 13.7 Å². The summed E-state index contributed by atoms with van der Waals surface area (Å²) in [6.45, 7) is 4.13. The lowest BCUT2D eigenvalue weighted by molar-refractivity contribution is 0.283. The number of para-hydroxylation sites is 2. The third kappa shape index (κ3) is 5.27. The molecular formula is C25H26BrN3O2. The van der Waals surface area contributed by atoms with E-state index in [9.17, 15) is 0 Å². The van der Waals surface area contributed by atoms with Crippen molar-refractivity contribution in [3.63, 3.8) is 0 Å². The Morgan fingerprint density at radius 1 is 1.00 bits per heavy atom. The van der Waals surface area contributed by atoms with Gasteiger partial charge in [-0.3, -0.25) is 0 Å². The number of aromatic amines is 1. The van der Waals surface area contributed by atoms with Gasteiger partial charge in [-0.25, -0.2) is 4.98 Å². The van der Waals surface area contributed by atoms with E-state index in [-0.39, 0.29) is 0 Å². The van der Waals surface area contributed by atoms with Crippen LogP contribution in [0.4, 0.5) is 0 Å². The maximum absolute atomic E-state index is 6.06. The Hall–Kier alpha value is -2.83. The summed E-state index contributed by atoms with van der Waals surface area (Å²) in [5, 5.41) is 3.49.